The Kier molecular flexibility index (Phi) is 4.08. The van der Waals surface area contributed by atoms with E-state index in [4.69, 9.17) is 0 Å². The number of halogens is 1. The van der Waals surface area contributed by atoms with Crippen LogP contribution in [0.25, 0.3) is 0 Å². The fraction of sp³-hybridized carbons (Fsp3) is 0.667. The molecule has 1 aromatic heterocycles. The Balaban J connectivity index is 1.63. The molecule has 1 atom stereocenters. The van der Waals surface area contributed by atoms with Crippen molar-refractivity contribution >= 4 is 21.7 Å². The van der Waals surface area contributed by atoms with Gasteiger partial charge in [0.05, 0.1) is 0 Å². The van der Waals surface area contributed by atoms with Gasteiger partial charge in [-0.2, -0.15) is 0 Å². The van der Waals surface area contributed by atoms with E-state index in [0.717, 1.165) is 29.5 Å². The first-order valence-electron chi connectivity index (χ1n) is 7.34. The third-order valence-electron chi connectivity index (χ3n) is 4.52. The summed E-state index contributed by atoms with van der Waals surface area (Å²) in [6.45, 7) is 5.67. The van der Waals surface area contributed by atoms with Crippen LogP contribution < -0.4 is 10.2 Å². The van der Waals surface area contributed by atoms with Gasteiger partial charge < -0.3 is 10.2 Å². The Morgan fingerprint density at radius 1 is 1.32 bits per heavy atom. The Morgan fingerprint density at radius 2 is 2.11 bits per heavy atom. The van der Waals surface area contributed by atoms with Gasteiger partial charge in [-0.1, -0.05) is 0 Å². The fourth-order valence-corrected chi connectivity index (χ4v) is 3.94. The van der Waals surface area contributed by atoms with E-state index >= 15 is 0 Å². The molecule has 0 aliphatic carbocycles. The Hall–Kier alpha value is -0.610. The van der Waals surface area contributed by atoms with Crippen LogP contribution in [0.3, 0.4) is 0 Å². The van der Waals surface area contributed by atoms with E-state index < -0.39 is 0 Å². The zero-order chi connectivity index (χ0) is 13.2. The lowest BCUT2D eigenvalue weighted by Gasteiger charge is -2.36. The first-order chi connectivity index (χ1) is 9.24. The zero-order valence-corrected chi connectivity index (χ0v) is 13.1. The molecule has 0 spiro atoms. The van der Waals surface area contributed by atoms with Crippen LogP contribution in [0.4, 0.5) is 5.82 Å². The number of rotatable bonds is 2. The summed E-state index contributed by atoms with van der Waals surface area (Å²) in [7, 11) is 0. The molecule has 2 saturated heterocycles. The number of hydrogen-bond acceptors (Lipinski definition) is 3. The molecule has 19 heavy (non-hydrogen) atoms. The van der Waals surface area contributed by atoms with E-state index in [1.807, 2.05) is 6.20 Å². The molecule has 4 heteroatoms. The molecule has 2 aliphatic rings. The van der Waals surface area contributed by atoms with Crippen molar-refractivity contribution in [1.29, 1.82) is 0 Å². The quantitative estimate of drug-likeness (QED) is 0.906. The highest BCUT2D eigenvalue weighted by molar-refractivity contribution is 9.10. The van der Waals surface area contributed by atoms with Gasteiger partial charge in [0.2, 0.25) is 0 Å². The summed E-state index contributed by atoms with van der Waals surface area (Å²) in [5.41, 5.74) is 1.27. The minimum Gasteiger partial charge on any atom is -0.356 e. The lowest BCUT2D eigenvalue weighted by Crippen LogP contribution is -2.41. The topological polar surface area (TPSA) is 28.2 Å². The molecule has 2 aliphatic heterocycles. The molecule has 104 valence electrons. The van der Waals surface area contributed by atoms with E-state index in [9.17, 15) is 0 Å². The summed E-state index contributed by atoms with van der Waals surface area (Å²) in [5.74, 6) is 2.04. The van der Waals surface area contributed by atoms with E-state index in [-0.39, 0.29) is 0 Å². The van der Waals surface area contributed by atoms with Crippen molar-refractivity contribution in [2.24, 2.45) is 5.92 Å². The standard InChI is InChI=1S/C15H22BrN3/c1-11-9-13(16)10-18-15(11)19-7-4-12(5-8-19)14-3-2-6-17-14/h9-10,12,14,17H,2-8H2,1H3. The number of aromatic nitrogens is 1. The average Bonchev–Trinajstić information content (AvgIpc) is 2.93. The molecule has 0 radical (unpaired) electrons. The number of hydrogen-bond donors (Lipinski definition) is 1. The second-order valence-corrected chi connectivity index (χ2v) is 6.74. The zero-order valence-electron chi connectivity index (χ0n) is 11.5. The highest BCUT2D eigenvalue weighted by atomic mass is 79.9. The lowest BCUT2D eigenvalue weighted by atomic mass is 9.88. The molecule has 2 fully saturated rings. The van der Waals surface area contributed by atoms with Gasteiger partial charge >= 0.3 is 0 Å². The molecule has 0 bridgehead atoms. The molecule has 0 saturated carbocycles. The summed E-state index contributed by atoms with van der Waals surface area (Å²) in [4.78, 5) is 7.04. The number of anilines is 1. The maximum atomic E-state index is 4.59. The molecule has 0 amide bonds. The number of pyridine rings is 1. The smallest absolute Gasteiger partial charge is 0.131 e. The summed E-state index contributed by atoms with van der Waals surface area (Å²) in [6, 6.07) is 2.94. The van der Waals surface area contributed by atoms with Crippen LogP contribution in [-0.2, 0) is 0 Å². The van der Waals surface area contributed by atoms with Crippen LogP contribution in [0.15, 0.2) is 16.7 Å². The van der Waals surface area contributed by atoms with Gasteiger partial charge in [-0.3, -0.25) is 0 Å². The molecule has 3 nitrogen and oxygen atoms in total. The van der Waals surface area contributed by atoms with Gasteiger partial charge in [-0.15, -0.1) is 0 Å². The van der Waals surface area contributed by atoms with Crippen molar-refractivity contribution in [1.82, 2.24) is 10.3 Å². The van der Waals surface area contributed by atoms with E-state index in [0.29, 0.717) is 0 Å². The molecule has 1 unspecified atom stereocenters. The van der Waals surface area contributed by atoms with Gasteiger partial charge in [0.1, 0.15) is 5.82 Å². The van der Waals surface area contributed by atoms with Gasteiger partial charge in [-0.25, -0.2) is 4.98 Å². The monoisotopic (exact) mass is 323 g/mol. The number of nitrogens with one attached hydrogen (secondary N) is 1. The maximum absolute atomic E-state index is 4.59. The largest absolute Gasteiger partial charge is 0.356 e. The minimum absolute atomic E-state index is 0.779. The summed E-state index contributed by atoms with van der Waals surface area (Å²) >= 11 is 3.49. The molecule has 3 rings (SSSR count). The van der Waals surface area contributed by atoms with Crippen LogP contribution in [-0.4, -0.2) is 30.7 Å². The normalized spacial score (nSPS) is 24.9. The van der Waals surface area contributed by atoms with Crippen molar-refractivity contribution in [2.75, 3.05) is 24.5 Å². The minimum atomic E-state index is 0.779. The predicted molar refractivity (Wildman–Crippen MR) is 82.6 cm³/mol. The highest BCUT2D eigenvalue weighted by Gasteiger charge is 2.28. The van der Waals surface area contributed by atoms with Crippen LogP contribution >= 0.6 is 15.9 Å². The average molecular weight is 324 g/mol. The van der Waals surface area contributed by atoms with Gasteiger partial charge in [0, 0.05) is 29.8 Å². The highest BCUT2D eigenvalue weighted by Crippen LogP contribution is 2.29. The van der Waals surface area contributed by atoms with E-state index in [1.165, 1.54) is 43.6 Å². The number of aryl methyl sites for hydroxylation is 1. The van der Waals surface area contributed by atoms with E-state index in [2.05, 4.69) is 44.1 Å². The third kappa shape index (κ3) is 2.95. The molecule has 1 N–H and O–H groups in total. The second kappa shape index (κ2) is 5.80. The fourth-order valence-electron chi connectivity index (χ4n) is 3.49. The van der Waals surface area contributed by atoms with Gasteiger partial charge in [-0.05, 0) is 72.6 Å². The van der Waals surface area contributed by atoms with Gasteiger partial charge in [0.15, 0.2) is 0 Å². The number of piperidine rings is 1. The van der Waals surface area contributed by atoms with Crippen LogP contribution in [0.5, 0.6) is 0 Å². The van der Waals surface area contributed by atoms with Crippen LogP contribution in [0.1, 0.15) is 31.2 Å². The summed E-state index contributed by atoms with van der Waals surface area (Å²) in [5, 5.41) is 3.66. The van der Waals surface area contributed by atoms with Crippen molar-refractivity contribution in [3.05, 3.63) is 22.3 Å². The van der Waals surface area contributed by atoms with Crippen LogP contribution in [0, 0.1) is 12.8 Å². The molecule has 1 aromatic rings. The maximum Gasteiger partial charge on any atom is 0.131 e. The van der Waals surface area contributed by atoms with Gasteiger partial charge in [0.25, 0.3) is 0 Å². The van der Waals surface area contributed by atoms with E-state index in [1.54, 1.807) is 0 Å². The van der Waals surface area contributed by atoms with Crippen molar-refractivity contribution < 1.29 is 0 Å². The van der Waals surface area contributed by atoms with Crippen LogP contribution in [0.2, 0.25) is 0 Å². The molecule has 0 aromatic carbocycles. The van der Waals surface area contributed by atoms with Crippen molar-refractivity contribution in [2.45, 2.75) is 38.6 Å². The lowest BCUT2D eigenvalue weighted by molar-refractivity contribution is 0.318. The first kappa shape index (κ1) is 13.4. The first-order valence-corrected chi connectivity index (χ1v) is 8.14. The Bertz CT molecular complexity index is 435. The molecular formula is C15H22BrN3. The number of nitrogens with zero attached hydrogens (tertiary/aromatic N) is 2. The molecular weight excluding hydrogens is 302 g/mol. The van der Waals surface area contributed by atoms with Crippen molar-refractivity contribution in [3.63, 3.8) is 0 Å². The predicted octanol–water partition coefficient (Wildman–Crippen LogP) is 3.12. The second-order valence-electron chi connectivity index (χ2n) is 5.82. The third-order valence-corrected chi connectivity index (χ3v) is 4.96. The summed E-state index contributed by atoms with van der Waals surface area (Å²) < 4.78 is 1.07. The SMILES string of the molecule is Cc1cc(Br)cnc1N1CCC(C2CCCN2)CC1. The Morgan fingerprint density at radius 3 is 2.74 bits per heavy atom. The summed E-state index contributed by atoms with van der Waals surface area (Å²) in [6.07, 6.45) is 7.25. The van der Waals surface area contributed by atoms with Crippen molar-refractivity contribution in [3.8, 4) is 0 Å². The molecule has 3 heterocycles. The Labute approximate surface area is 123 Å².